The van der Waals surface area contributed by atoms with Crippen LogP contribution in [0.3, 0.4) is 0 Å². The summed E-state index contributed by atoms with van der Waals surface area (Å²) in [4.78, 5) is 50.1. The summed E-state index contributed by atoms with van der Waals surface area (Å²) in [5.41, 5.74) is -0.477. The summed E-state index contributed by atoms with van der Waals surface area (Å²) in [6.07, 6.45) is 1.27. The van der Waals surface area contributed by atoms with Gasteiger partial charge >= 0.3 is 11.4 Å². The summed E-state index contributed by atoms with van der Waals surface area (Å²) >= 11 is 32.8. The number of nitrogens with zero attached hydrogens (tertiary/aromatic N) is 3. The second-order valence-electron chi connectivity index (χ2n) is 9.52. The molecule has 2 aliphatic carbocycles. The molecule has 8 nitrogen and oxygen atoms in total. The predicted octanol–water partition coefficient (Wildman–Crippen LogP) is 4.62. The van der Waals surface area contributed by atoms with Gasteiger partial charge in [-0.05, 0) is 35.9 Å². The number of alkyl halides is 2. The standard InChI is InChI=1S/C26H16Cl5N3O5/c27-12-6-7-17(35)15(10-12)18-14-8-9-32-23(38)33(13-4-2-1-3-5-13)24(39)34(32)16(14)11-25(30)21(36)19(28)20(29)22(37)26(18,25)31/h1-8,10,16,18,35H,9,11H2/t16-,18-,25-,26+/m1/s1. The van der Waals surface area contributed by atoms with Gasteiger partial charge in [0.2, 0.25) is 0 Å². The molecule has 39 heavy (non-hydrogen) atoms. The van der Waals surface area contributed by atoms with Gasteiger partial charge in [-0.3, -0.25) is 9.59 Å². The van der Waals surface area contributed by atoms with Crippen molar-refractivity contribution in [1.29, 1.82) is 0 Å². The first-order chi connectivity index (χ1) is 18.4. The minimum Gasteiger partial charge on any atom is -0.508 e. The van der Waals surface area contributed by atoms with Crippen molar-refractivity contribution < 1.29 is 14.7 Å². The number of Topliss-reactive ketones (excluding diaryl/α,β-unsaturated/α-hetero) is 2. The molecule has 1 fully saturated rings. The van der Waals surface area contributed by atoms with Gasteiger partial charge in [0.05, 0.1) is 18.3 Å². The largest absolute Gasteiger partial charge is 0.508 e. The molecule has 1 aromatic heterocycles. The van der Waals surface area contributed by atoms with Crippen LogP contribution in [0.25, 0.3) is 5.69 Å². The number of carbonyl (C=O) groups excluding carboxylic acids is 2. The van der Waals surface area contributed by atoms with Crippen LogP contribution in [0.15, 0.2) is 79.8 Å². The third-order valence-electron chi connectivity index (χ3n) is 7.62. The van der Waals surface area contributed by atoms with Crippen LogP contribution in [-0.4, -0.2) is 40.4 Å². The van der Waals surface area contributed by atoms with Crippen molar-refractivity contribution in [2.75, 3.05) is 0 Å². The quantitative estimate of drug-likeness (QED) is 0.330. The number of halogens is 5. The van der Waals surface area contributed by atoms with E-state index in [0.29, 0.717) is 11.3 Å². The van der Waals surface area contributed by atoms with E-state index in [4.69, 9.17) is 58.0 Å². The second kappa shape index (κ2) is 8.88. The number of carbonyl (C=O) groups is 2. The fourth-order valence-electron chi connectivity index (χ4n) is 5.87. The molecule has 1 N–H and O–H groups in total. The summed E-state index contributed by atoms with van der Waals surface area (Å²) < 4.78 is 3.43. The van der Waals surface area contributed by atoms with Crippen LogP contribution < -0.4 is 11.4 Å². The Morgan fingerprint density at radius 3 is 2.23 bits per heavy atom. The highest BCUT2D eigenvalue weighted by atomic mass is 35.5. The molecule has 3 aromatic rings. The summed E-state index contributed by atoms with van der Waals surface area (Å²) in [7, 11) is 0. The Bertz CT molecular complexity index is 1790. The maximum Gasteiger partial charge on any atom is 0.352 e. The molecule has 3 aliphatic rings. The zero-order chi connectivity index (χ0) is 28.0. The monoisotopic (exact) mass is 625 g/mol. The van der Waals surface area contributed by atoms with Crippen LogP contribution in [-0.2, 0) is 16.1 Å². The average Bonchev–Trinajstić information content (AvgIpc) is 3.18. The van der Waals surface area contributed by atoms with Gasteiger partial charge in [-0.2, -0.15) is 0 Å². The highest BCUT2D eigenvalue weighted by molar-refractivity contribution is 6.66. The van der Waals surface area contributed by atoms with Gasteiger partial charge in [0.15, 0.2) is 11.6 Å². The molecule has 1 saturated carbocycles. The molecule has 0 saturated heterocycles. The number of ketones is 2. The van der Waals surface area contributed by atoms with E-state index in [0.717, 1.165) is 4.57 Å². The number of allylic oxidation sites excluding steroid dienone is 4. The molecule has 1 aliphatic heterocycles. The zero-order valence-corrected chi connectivity index (χ0v) is 23.4. The van der Waals surface area contributed by atoms with E-state index in [9.17, 15) is 24.3 Å². The lowest BCUT2D eigenvalue weighted by Gasteiger charge is -2.54. The Labute approximate surface area is 245 Å². The second-order valence-corrected chi connectivity index (χ2v) is 12.0. The Kier molecular flexibility index (Phi) is 6.03. The molecule has 200 valence electrons. The molecule has 2 aromatic carbocycles. The highest BCUT2D eigenvalue weighted by Gasteiger charge is 2.71. The first kappa shape index (κ1) is 26.5. The molecule has 13 heteroatoms. The van der Waals surface area contributed by atoms with Gasteiger partial charge in [-0.15, -0.1) is 23.2 Å². The van der Waals surface area contributed by atoms with Gasteiger partial charge in [0.1, 0.15) is 25.6 Å². The maximum absolute atomic E-state index is 13.8. The minimum absolute atomic E-state index is 0.0632. The number of hydrogen-bond donors (Lipinski definition) is 1. The lowest BCUT2D eigenvalue weighted by atomic mass is 9.59. The van der Waals surface area contributed by atoms with Crippen LogP contribution in [0.4, 0.5) is 0 Å². The summed E-state index contributed by atoms with van der Waals surface area (Å²) in [5, 5.41) is 9.94. The van der Waals surface area contributed by atoms with Crippen molar-refractivity contribution in [1.82, 2.24) is 13.9 Å². The van der Waals surface area contributed by atoms with Crippen LogP contribution in [0.2, 0.25) is 5.02 Å². The number of phenols is 1. The number of phenolic OH excluding ortho intramolecular Hbond substituents is 1. The smallest absolute Gasteiger partial charge is 0.352 e. The first-order valence-corrected chi connectivity index (χ1v) is 13.5. The highest BCUT2D eigenvalue weighted by Crippen LogP contribution is 2.64. The van der Waals surface area contributed by atoms with Gasteiger partial charge in [0, 0.05) is 22.9 Å². The van der Waals surface area contributed by atoms with E-state index in [-0.39, 0.29) is 29.3 Å². The van der Waals surface area contributed by atoms with E-state index in [1.54, 1.807) is 36.4 Å². The normalized spacial score (nSPS) is 28.1. The van der Waals surface area contributed by atoms with E-state index in [1.165, 1.54) is 27.6 Å². The van der Waals surface area contributed by atoms with E-state index >= 15 is 0 Å². The molecular formula is C26H16Cl5N3O5. The lowest BCUT2D eigenvalue weighted by molar-refractivity contribution is -0.128. The fraction of sp³-hybridized carbons (Fsp3) is 0.231. The number of aromatic hydroxyl groups is 1. The van der Waals surface area contributed by atoms with Gasteiger partial charge in [0.25, 0.3) is 0 Å². The van der Waals surface area contributed by atoms with Crippen LogP contribution in [0, 0.1) is 0 Å². The molecule has 0 spiro atoms. The molecule has 4 atom stereocenters. The number of rotatable bonds is 2. The molecular weight excluding hydrogens is 612 g/mol. The number of hydrogen-bond acceptors (Lipinski definition) is 5. The van der Waals surface area contributed by atoms with Crippen molar-refractivity contribution in [3.8, 4) is 11.4 Å². The Balaban J connectivity index is 1.67. The van der Waals surface area contributed by atoms with Crippen molar-refractivity contribution in [3.05, 3.63) is 102 Å². The van der Waals surface area contributed by atoms with Crippen LogP contribution in [0.1, 0.15) is 23.9 Å². The predicted molar refractivity (Wildman–Crippen MR) is 148 cm³/mol. The third-order valence-corrected chi connectivity index (χ3v) is 10.1. The molecule has 6 rings (SSSR count). The third kappa shape index (κ3) is 3.39. The van der Waals surface area contributed by atoms with E-state index in [2.05, 4.69) is 0 Å². The maximum atomic E-state index is 13.8. The van der Waals surface area contributed by atoms with Crippen molar-refractivity contribution >= 4 is 69.6 Å². The molecule has 0 radical (unpaired) electrons. The minimum atomic E-state index is -2.25. The number of para-hydroxylation sites is 1. The van der Waals surface area contributed by atoms with Gasteiger partial charge in [-0.1, -0.05) is 59.1 Å². The van der Waals surface area contributed by atoms with Crippen LogP contribution >= 0.6 is 58.0 Å². The molecule has 0 unspecified atom stereocenters. The summed E-state index contributed by atoms with van der Waals surface area (Å²) in [6.45, 7) is -0.0632. The van der Waals surface area contributed by atoms with E-state index < -0.39 is 54.7 Å². The summed E-state index contributed by atoms with van der Waals surface area (Å²) in [6, 6.07) is 11.5. The fourth-order valence-corrected chi connectivity index (χ4v) is 7.57. The Morgan fingerprint density at radius 2 is 1.54 bits per heavy atom. The summed E-state index contributed by atoms with van der Waals surface area (Å²) in [5.74, 6) is -3.38. The first-order valence-electron chi connectivity index (χ1n) is 11.6. The van der Waals surface area contributed by atoms with E-state index in [1.807, 2.05) is 0 Å². The van der Waals surface area contributed by atoms with Crippen molar-refractivity contribution in [2.24, 2.45) is 0 Å². The zero-order valence-electron chi connectivity index (χ0n) is 19.6. The van der Waals surface area contributed by atoms with Gasteiger partial charge in [-0.25, -0.2) is 23.5 Å². The molecule has 0 bridgehead atoms. The topological polar surface area (TPSA) is 103 Å². The molecule has 0 amide bonds. The van der Waals surface area contributed by atoms with Crippen LogP contribution in [0.5, 0.6) is 5.75 Å². The number of benzene rings is 2. The van der Waals surface area contributed by atoms with Crippen molar-refractivity contribution in [3.63, 3.8) is 0 Å². The average molecular weight is 628 g/mol. The van der Waals surface area contributed by atoms with Crippen molar-refractivity contribution in [2.45, 2.75) is 34.7 Å². The lowest BCUT2D eigenvalue weighted by Crippen LogP contribution is -2.67. The number of fused-ring (bicyclic) bond motifs is 4. The van der Waals surface area contributed by atoms with Gasteiger partial charge < -0.3 is 5.11 Å². The Hall–Kier alpha value is -2.75. The molecule has 2 heterocycles. The Morgan fingerprint density at radius 1 is 0.872 bits per heavy atom. The number of aromatic nitrogens is 3. The SMILES string of the molecule is O=C1C(Cl)=C(Cl)C(=O)[C@@]2(Cl)[C@@H](c3cc(Cl)ccc3O)C3=CCn4c(=O)n(-c5ccccc5)c(=O)n4[C@@H]3C[C@@]12Cl.